The molecule has 33 heavy (non-hydrogen) atoms. The molecule has 0 saturated heterocycles. The lowest BCUT2D eigenvalue weighted by molar-refractivity contribution is 0.361. The van der Waals surface area contributed by atoms with Gasteiger partial charge in [-0.1, -0.05) is 61.9 Å². The number of hydrogen-bond donors (Lipinski definition) is 2. The van der Waals surface area contributed by atoms with Crippen LogP contribution < -0.4 is 5.32 Å². The fourth-order valence-corrected chi connectivity index (χ4v) is 4.60. The van der Waals surface area contributed by atoms with Gasteiger partial charge in [0.15, 0.2) is 0 Å². The van der Waals surface area contributed by atoms with Gasteiger partial charge in [-0.3, -0.25) is 0 Å². The maximum atomic E-state index is 10.7. The van der Waals surface area contributed by atoms with Crippen molar-refractivity contribution in [1.82, 2.24) is 14.9 Å². The Morgan fingerprint density at radius 2 is 1.79 bits per heavy atom. The van der Waals surface area contributed by atoms with E-state index in [4.69, 9.17) is 0 Å². The van der Waals surface area contributed by atoms with Gasteiger partial charge in [-0.05, 0) is 54.2 Å². The van der Waals surface area contributed by atoms with Gasteiger partial charge in [0.25, 0.3) is 0 Å². The van der Waals surface area contributed by atoms with Crippen molar-refractivity contribution in [3.8, 4) is 11.8 Å². The molecular formula is C28H28N4O. The van der Waals surface area contributed by atoms with E-state index in [0.29, 0.717) is 5.57 Å². The van der Waals surface area contributed by atoms with Gasteiger partial charge in [0.2, 0.25) is 5.88 Å². The van der Waals surface area contributed by atoms with E-state index in [1.54, 1.807) is 12.5 Å². The number of allylic oxidation sites excluding steroid dienone is 5. The molecule has 2 heterocycles. The van der Waals surface area contributed by atoms with Gasteiger partial charge in [0.1, 0.15) is 11.6 Å². The molecule has 1 atom stereocenters. The number of imidazole rings is 1. The highest BCUT2D eigenvalue weighted by molar-refractivity contribution is 5.86. The molecule has 2 N–H and O–H groups in total. The predicted molar refractivity (Wildman–Crippen MR) is 131 cm³/mol. The first kappa shape index (κ1) is 22.2. The van der Waals surface area contributed by atoms with E-state index < -0.39 is 0 Å². The molecule has 5 rings (SSSR count). The summed E-state index contributed by atoms with van der Waals surface area (Å²) >= 11 is 0. The standard InChI is InChI=1S/C26H22N4O.C2H6/c1-17-7-12-22-25(23(17)18-5-3-2-4-6-18)24(21(15-27)26(31)29-22)19-8-10-20(11-9-19)30-14-13-28-16-30;1-2/h2-6,8-11,13-14,16,24,29,31H,7,12H2,1H3;1-2H3. The maximum Gasteiger partial charge on any atom is 0.203 e. The molecule has 1 aromatic heterocycles. The van der Waals surface area contributed by atoms with Crippen LogP contribution in [0.1, 0.15) is 50.7 Å². The fourth-order valence-electron chi connectivity index (χ4n) is 4.60. The number of nitrogens with one attached hydrogen (secondary N) is 1. The number of dihydropyridines is 1. The lowest BCUT2D eigenvalue weighted by atomic mass is 9.72. The number of hydrogen-bond acceptors (Lipinski definition) is 4. The van der Waals surface area contributed by atoms with Crippen LogP contribution in [0, 0.1) is 11.3 Å². The summed E-state index contributed by atoms with van der Waals surface area (Å²) in [7, 11) is 0. The van der Waals surface area contributed by atoms with Crippen LogP contribution in [0.4, 0.5) is 0 Å². The van der Waals surface area contributed by atoms with Gasteiger partial charge in [-0.2, -0.15) is 5.26 Å². The molecule has 5 heteroatoms. The van der Waals surface area contributed by atoms with E-state index in [0.717, 1.165) is 40.9 Å². The van der Waals surface area contributed by atoms with Crippen molar-refractivity contribution in [2.45, 2.75) is 39.5 Å². The van der Waals surface area contributed by atoms with Crippen molar-refractivity contribution in [2.75, 3.05) is 0 Å². The van der Waals surface area contributed by atoms with Gasteiger partial charge in [-0.15, -0.1) is 0 Å². The van der Waals surface area contributed by atoms with E-state index in [1.807, 2.05) is 67.1 Å². The minimum Gasteiger partial charge on any atom is -0.494 e. The smallest absolute Gasteiger partial charge is 0.203 e. The number of nitrogens with zero attached hydrogens (tertiary/aromatic N) is 3. The summed E-state index contributed by atoms with van der Waals surface area (Å²) in [6.07, 6.45) is 7.12. The topological polar surface area (TPSA) is 73.9 Å². The predicted octanol–water partition coefficient (Wildman–Crippen LogP) is 6.40. The summed E-state index contributed by atoms with van der Waals surface area (Å²) in [5.41, 5.74) is 7.98. The van der Waals surface area contributed by atoms with Crippen molar-refractivity contribution in [3.05, 3.63) is 113 Å². The number of aliphatic hydroxyl groups excluding tert-OH is 1. The minimum absolute atomic E-state index is 0.0445. The summed E-state index contributed by atoms with van der Waals surface area (Å²) in [6, 6.07) is 20.7. The molecule has 0 amide bonds. The van der Waals surface area contributed by atoms with Crippen LogP contribution in [0.15, 0.2) is 102 Å². The van der Waals surface area contributed by atoms with Crippen LogP contribution in [0.3, 0.4) is 0 Å². The number of aliphatic hydroxyl groups is 1. The molecule has 5 nitrogen and oxygen atoms in total. The second-order valence-electron chi connectivity index (χ2n) is 7.91. The highest BCUT2D eigenvalue weighted by Crippen LogP contribution is 2.48. The number of aromatic nitrogens is 2. The lowest BCUT2D eigenvalue weighted by Crippen LogP contribution is -2.29. The van der Waals surface area contributed by atoms with Crippen molar-refractivity contribution >= 4 is 5.57 Å². The summed E-state index contributed by atoms with van der Waals surface area (Å²) in [6.45, 7) is 6.16. The third kappa shape index (κ3) is 4.08. The first-order valence-corrected chi connectivity index (χ1v) is 11.3. The van der Waals surface area contributed by atoms with E-state index in [1.165, 1.54) is 11.1 Å². The van der Waals surface area contributed by atoms with Gasteiger partial charge in [0, 0.05) is 23.8 Å². The zero-order valence-electron chi connectivity index (χ0n) is 19.2. The Morgan fingerprint density at radius 1 is 1.06 bits per heavy atom. The van der Waals surface area contributed by atoms with E-state index in [-0.39, 0.29) is 11.8 Å². The molecule has 3 aromatic rings. The van der Waals surface area contributed by atoms with Crippen LogP contribution >= 0.6 is 0 Å². The molecule has 2 aromatic carbocycles. The molecule has 166 valence electrons. The van der Waals surface area contributed by atoms with Gasteiger partial charge in [-0.25, -0.2) is 4.98 Å². The quantitative estimate of drug-likeness (QED) is 0.498. The van der Waals surface area contributed by atoms with Crippen LogP contribution in [0.2, 0.25) is 0 Å². The molecular weight excluding hydrogens is 408 g/mol. The zero-order chi connectivity index (χ0) is 23.4. The van der Waals surface area contributed by atoms with Gasteiger partial charge < -0.3 is 15.0 Å². The average molecular weight is 437 g/mol. The molecule has 0 spiro atoms. The average Bonchev–Trinajstić information content (AvgIpc) is 3.40. The highest BCUT2D eigenvalue weighted by atomic mass is 16.3. The largest absolute Gasteiger partial charge is 0.494 e. The van der Waals surface area contributed by atoms with Crippen LogP contribution in [0.25, 0.3) is 11.3 Å². The molecule has 0 bridgehead atoms. The van der Waals surface area contributed by atoms with E-state index in [9.17, 15) is 10.4 Å². The van der Waals surface area contributed by atoms with Crippen molar-refractivity contribution in [3.63, 3.8) is 0 Å². The normalized spacial score (nSPS) is 17.6. The Labute approximate surface area is 195 Å². The van der Waals surface area contributed by atoms with Gasteiger partial charge in [0.05, 0.1) is 12.2 Å². The number of benzene rings is 2. The zero-order valence-corrected chi connectivity index (χ0v) is 19.2. The Morgan fingerprint density at radius 3 is 2.42 bits per heavy atom. The van der Waals surface area contributed by atoms with E-state index in [2.05, 4.69) is 35.4 Å². The first-order chi connectivity index (χ1) is 16.2. The van der Waals surface area contributed by atoms with Crippen LogP contribution in [-0.4, -0.2) is 14.7 Å². The number of nitriles is 1. The van der Waals surface area contributed by atoms with Crippen molar-refractivity contribution < 1.29 is 5.11 Å². The molecule has 2 aliphatic rings. The van der Waals surface area contributed by atoms with Gasteiger partial charge >= 0.3 is 0 Å². The molecule has 1 unspecified atom stereocenters. The third-order valence-corrected chi connectivity index (χ3v) is 6.08. The molecule has 0 saturated carbocycles. The minimum atomic E-state index is -0.330. The van der Waals surface area contributed by atoms with E-state index >= 15 is 0 Å². The monoisotopic (exact) mass is 436 g/mol. The van der Waals surface area contributed by atoms with Crippen LogP contribution in [-0.2, 0) is 0 Å². The summed E-state index contributed by atoms with van der Waals surface area (Å²) in [4.78, 5) is 4.11. The Hall–Kier alpha value is -4.04. The molecule has 1 aliphatic carbocycles. The summed E-state index contributed by atoms with van der Waals surface area (Å²) in [5, 5.41) is 23.7. The lowest BCUT2D eigenvalue weighted by Gasteiger charge is -2.35. The fraction of sp³-hybridized carbons (Fsp3) is 0.214. The maximum absolute atomic E-state index is 10.7. The van der Waals surface area contributed by atoms with Crippen LogP contribution in [0.5, 0.6) is 0 Å². The second-order valence-corrected chi connectivity index (χ2v) is 7.91. The Balaban J connectivity index is 0.00000126. The number of rotatable bonds is 3. The molecule has 0 fully saturated rings. The molecule has 0 radical (unpaired) electrons. The summed E-state index contributed by atoms with van der Waals surface area (Å²) < 4.78 is 1.94. The second kappa shape index (κ2) is 9.62. The highest BCUT2D eigenvalue weighted by Gasteiger charge is 2.36. The third-order valence-electron chi connectivity index (χ3n) is 6.08. The Kier molecular flexibility index (Phi) is 6.46. The first-order valence-electron chi connectivity index (χ1n) is 11.3. The SMILES string of the molecule is CC.CC1=C(c2ccccc2)C2=C(CC1)NC(O)=C(C#N)C2c1ccc(-n2ccnc2)cc1. The van der Waals surface area contributed by atoms with Crippen molar-refractivity contribution in [2.24, 2.45) is 0 Å². The van der Waals surface area contributed by atoms with Crippen molar-refractivity contribution in [1.29, 1.82) is 5.26 Å². The molecule has 1 aliphatic heterocycles. The Bertz CT molecular complexity index is 1260. The summed E-state index contributed by atoms with van der Waals surface area (Å²) in [5.74, 6) is -0.375.